The van der Waals surface area contributed by atoms with Gasteiger partial charge in [-0.05, 0) is 18.6 Å². The van der Waals surface area contributed by atoms with Crippen LogP contribution in [-0.4, -0.2) is 17.5 Å². The fourth-order valence-electron chi connectivity index (χ4n) is 1.67. The van der Waals surface area contributed by atoms with E-state index in [2.05, 4.69) is 0 Å². The molecule has 0 unspecified atom stereocenters. The van der Waals surface area contributed by atoms with Crippen LogP contribution >= 0.6 is 0 Å². The molecule has 0 aliphatic carbocycles. The van der Waals surface area contributed by atoms with Crippen LogP contribution in [0.25, 0.3) is 0 Å². The maximum absolute atomic E-state index is 11.3. The van der Waals surface area contributed by atoms with Gasteiger partial charge in [0.05, 0.1) is 35.1 Å². The van der Waals surface area contributed by atoms with Gasteiger partial charge in [-0.2, -0.15) is 5.26 Å². The van der Waals surface area contributed by atoms with Crippen LogP contribution in [-0.2, 0) is 22.5 Å². The Bertz CT molecular complexity index is 549. The summed E-state index contributed by atoms with van der Waals surface area (Å²) in [5.41, 5.74) is 5.80. The summed E-state index contributed by atoms with van der Waals surface area (Å²) >= 11 is 0. The maximum atomic E-state index is 11.3. The third-order valence-electron chi connectivity index (χ3n) is 2.46. The molecule has 2 N–H and O–H groups in total. The average molecular weight is 263 g/mol. The van der Waals surface area contributed by atoms with Crippen LogP contribution in [0.2, 0.25) is 0 Å². The van der Waals surface area contributed by atoms with E-state index in [1.807, 2.05) is 6.07 Å². The summed E-state index contributed by atoms with van der Waals surface area (Å²) in [5.74, 6) is -0.499. The zero-order chi connectivity index (χ0) is 14.4. The highest BCUT2D eigenvalue weighted by atomic mass is 16.6. The zero-order valence-electron chi connectivity index (χ0n) is 10.4. The number of nitro groups is 1. The Morgan fingerprint density at radius 2 is 2.26 bits per heavy atom. The van der Waals surface area contributed by atoms with Crippen molar-refractivity contribution in [3.8, 4) is 6.07 Å². The highest BCUT2D eigenvalue weighted by Gasteiger charge is 2.19. The summed E-state index contributed by atoms with van der Waals surface area (Å²) < 4.78 is 4.76. The minimum atomic E-state index is -0.613. The number of rotatable bonds is 5. The van der Waals surface area contributed by atoms with Crippen molar-refractivity contribution in [2.24, 2.45) is 5.73 Å². The normalized spacial score (nSPS) is 9.74. The number of ether oxygens (including phenoxy) is 1. The van der Waals surface area contributed by atoms with E-state index in [-0.39, 0.29) is 36.4 Å². The molecule has 1 aromatic rings. The van der Waals surface area contributed by atoms with Gasteiger partial charge in [-0.25, -0.2) is 0 Å². The predicted octanol–water partition coefficient (Wildman–Crippen LogP) is 1.03. The number of carbonyl (C=O) groups excluding carboxylic acids is 1. The van der Waals surface area contributed by atoms with Crippen molar-refractivity contribution >= 4 is 11.7 Å². The second kappa shape index (κ2) is 6.47. The van der Waals surface area contributed by atoms with Gasteiger partial charge in [-0.3, -0.25) is 14.9 Å². The number of esters is 1. The van der Waals surface area contributed by atoms with Gasteiger partial charge in [0.25, 0.3) is 5.69 Å². The van der Waals surface area contributed by atoms with Crippen molar-refractivity contribution in [2.45, 2.75) is 19.9 Å². The molecule has 0 heterocycles. The van der Waals surface area contributed by atoms with Crippen LogP contribution in [0.1, 0.15) is 23.6 Å². The van der Waals surface area contributed by atoms with Crippen molar-refractivity contribution in [1.29, 1.82) is 5.26 Å². The van der Waals surface area contributed by atoms with E-state index in [0.29, 0.717) is 5.56 Å². The van der Waals surface area contributed by atoms with Gasteiger partial charge < -0.3 is 10.5 Å². The van der Waals surface area contributed by atoms with Gasteiger partial charge in [0.2, 0.25) is 0 Å². The number of benzene rings is 1. The number of hydrogen-bond acceptors (Lipinski definition) is 6. The van der Waals surface area contributed by atoms with Gasteiger partial charge in [-0.1, -0.05) is 0 Å². The molecule has 100 valence electrons. The number of nitrogens with two attached hydrogens (primary N) is 1. The van der Waals surface area contributed by atoms with Gasteiger partial charge in [0.1, 0.15) is 0 Å². The number of nitrogens with zero attached hydrogens (tertiary/aromatic N) is 2. The molecule has 0 atom stereocenters. The largest absolute Gasteiger partial charge is 0.466 e. The lowest BCUT2D eigenvalue weighted by Gasteiger charge is -2.06. The van der Waals surface area contributed by atoms with Crippen molar-refractivity contribution in [3.05, 3.63) is 38.9 Å². The first-order valence-corrected chi connectivity index (χ1v) is 5.59. The van der Waals surface area contributed by atoms with E-state index in [1.54, 1.807) is 6.92 Å². The summed E-state index contributed by atoms with van der Waals surface area (Å²) in [4.78, 5) is 21.7. The standard InChI is InChI=1S/C12H13N3O4/c1-2-19-12(16)5-8-3-9(6-13)10(7-14)11(4-8)15(17)18/h3-4H,2,5,7,14H2,1H3. The smallest absolute Gasteiger partial charge is 0.310 e. The lowest BCUT2D eigenvalue weighted by atomic mass is 10.0. The van der Waals surface area contributed by atoms with E-state index in [4.69, 9.17) is 15.7 Å². The highest BCUT2D eigenvalue weighted by Crippen LogP contribution is 2.24. The second-order valence-electron chi connectivity index (χ2n) is 3.70. The molecule has 0 amide bonds. The molecule has 0 bridgehead atoms. The number of hydrogen-bond donors (Lipinski definition) is 1. The van der Waals surface area contributed by atoms with E-state index < -0.39 is 10.9 Å². The molecular formula is C12H13N3O4. The molecule has 1 rings (SSSR count). The number of carbonyl (C=O) groups is 1. The van der Waals surface area contributed by atoms with E-state index in [0.717, 1.165) is 0 Å². The first-order chi connectivity index (χ1) is 9.03. The predicted molar refractivity (Wildman–Crippen MR) is 66.0 cm³/mol. The molecular weight excluding hydrogens is 250 g/mol. The molecule has 0 aliphatic heterocycles. The van der Waals surface area contributed by atoms with Crippen molar-refractivity contribution in [3.63, 3.8) is 0 Å². The SMILES string of the molecule is CCOC(=O)Cc1cc(C#N)c(CN)c([N+](=O)[O-])c1. The third kappa shape index (κ3) is 3.50. The van der Waals surface area contributed by atoms with Gasteiger partial charge in [0, 0.05) is 12.6 Å². The van der Waals surface area contributed by atoms with E-state index >= 15 is 0 Å². The fourth-order valence-corrected chi connectivity index (χ4v) is 1.67. The molecule has 19 heavy (non-hydrogen) atoms. The van der Waals surface area contributed by atoms with Crippen LogP contribution in [0.15, 0.2) is 12.1 Å². The number of nitro benzene ring substituents is 1. The van der Waals surface area contributed by atoms with Crippen molar-refractivity contribution in [1.82, 2.24) is 0 Å². The summed E-state index contributed by atoms with van der Waals surface area (Å²) in [6, 6.07) is 4.52. The van der Waals surface area contributed by atoms with Crippen LogP contribution in [0, 0.1) is 21.4 Å². The fraction of sp³-hybridized carbons (Fsp3) is 0.333. The Kier molecular flexibility index (Phi) is 4.97. The molecule has 7 heteroatoms. The molecule has 0 spiro atoms. The lowest BCUT2D eigenvalue weighted by molar-refractivity contribution is -0.385. The highest BCUT2D eigenvalue weighted by molar-refractivity contribution is 5.73. The van der Waals surface area contributed by atoms with E-state index in [1.165, 1.54) is 12.1 Å². The summed E-state index contributed by atoms with van der Waals surface area (Å²) in [5, 5.41) is 19.9. The van der Waals surface area contributed by atoms with Crippen LogP contribution in [0.4, 0.5) is 5.69 Å². The molecule has 0 aliphatic rings. The molecule has 1 aromatic carbocycles. The molecule has 0 aromatic heterocycles. The first-order valence-electron chi connectivity index (χ1n) is 5.59. The lowest BCUT2D eigenvalue weighted by Crippen LogP contribution is -2.10. The van der Waals surface area contributed by atoms with Gasteiger partial charge in [0.15, 0.2) is 0 Å². The minimum absolute atomic E-state index is 0.107. The van der Waals surface area contributed by atoms with Crippen molar-refractivity contribution in [2.75, 3.05) is 6.61 Å². The summed E-state index contributed by atoms with van der Waals surface area (Å²) in [7, 11) is 0. The quantitative estimate of drug-likeness (QED) is 0.481. The molecule has 0 fully saturated rings. The number of nitriles is 1. The average Bonchev–Trinajstić information content (AvgIpc) is 2.37. The monoisotopic (exact) mass is 263 g/mol. The zero-order valence-corrected chi connectivity index (χ0v) is 10.4. The van der Waals surface area contributed by atoms with Crippen LogP contribution < -0.4 is 5.73 Å². The first kappa shape index (κ1) is 14.6. The Labute approximate surface area is 109 Å². The summed E-state index contributed by atoms with van der Waals surface area (Å²) in [6.45, 7) is 1.78. The topological polar surface area (TPSA) is 119 Å². The van der Waals surface area contributed by atoms with Gasteiger partial charge >= 0.3 is 5.97 Å². The Morgan fingerprint density at radius 1 is 1.58 bits per heavy atom. The Hall–Kier alpha value is -2.46. The Balaban J connectivity index is 3.22. The van der Waals surface area contributed by atoms with Crippen molar-refractivity contribution < 1.29 is 14.5 Å². The maximum Gasteiger partial charge on any atom is 0.310 e. The second-order valence-corrected chi connectivity index (χ2v) is 3.70. The summed E-state index contributed by atoms with van der Waals surface area (Å²) in [6.07, 6.45) is -0.117. The van der Waals surface area contributed by atoms with Crippen LogP contribution in [0.5, 0.6) is 0 Å². The van der Waals surface area contributed by atoms with Gasteiger partial charge in [-0.15, -0.1) is 0 Å². The molecule has 0 radical (unpaired) electrons. The van der Waals surface area contributed by atoms with E-state index in [9.17, 15) is 14.9 Å². The molecule has 0 saturated heterocycles. The van der Waals surface area contributed by atoms with Crippen LogP contribution in [0.3, 0.4) is 0 Å². The Morgan fingerprint density at radius 3 is 2.74 bits per heavy atom. The third-order valence-corrected chi connectivity index (χ3v) is 2.46. The molecule has 0 saturated carbocycles. The minimum Gasteiger partial charge on any atom is -0.466 e. The molecule has 7 nitrogen and oxygen atoms in total.